The van der Waals surface area contributed by atoms with Gasteiger partial charge in [0.15, 0.2) is 17.2 Å². The van der Waals surface area contributed by atoms with Crippen molar-refractivity contribution < 1.29 is 14.3 Å². The highest BCUT2D eigenvalue weighted by atomic mass is 16.5. The number of benzene rings is 1. The number of H-pyrrole nitrogens is 1. The van der Waals surface area contributed by atoms with E-state index in [1.54, 1.807) is 0 Å². The highest BCUT2D eigenvalue weighted by molar-refractivity contribution is 5.94. The molecule has 7 heteroatoms. The van der Waals surface area contributed by atoms with Crippen molar-refractivity contribution in [1.82, 2.24) is 20.4 Å². The van der Waals surface area contributed by atoms with Gasteiger partial charge < -0.3 is 19.7 Å². The van der Waals surface area contributed by atoms with Crippen LogP contribution in [0.2, 0.25) is 0 Å². The molecule has 0 fully saturated rings. The molecular weight excluding hydrogens is 344 g/mol. The topological polar surface area (TPSA) is 79.5 Å². The average Bonchev–Trinajstić information content (AvgIpc) is 3.12. The Bertz CT molecular complexity index is 846. The minimum atomic E-state index is -0.00584. The summed E-state index contributed by atoms with van der Waals surface area (Å²) >= 11 is 0. The summed E-state index contributed by atoms with van der Waals surface area (Å²) in [5, 5.41) is 10.7. The first-order chi connectivity index (χ1) is 13.2. The van der Waals surface area contributed by atoms with E-state index in [-0.39, 0.29) is 5.91 Å². The molecule has 0 unspecified atom stereocenters. The van der Waals surface area contributed by atoms with Crippen LogP contribution < -0.4 is 14.8 Å². The van der Waals surface area contributed by atoms with Crippen LogP contribution in [0.3, 0.4) is 0 Å². The van der Waals surface area contributed by atoms with Crippen LogP contribution in [-0.4, -0.2) is 47.3 Å². The van der Waals surface area contributed by atoms with E-state index in [1.807, 2.05) is 24.8 Å². The molecule has 27 heavy (non-hydrogen) atoms. The van der Waals surface area contributed by atoms with Gasteiger partial charge >= 0.3 is 0 Å². The number of hydrogen-bond acceptors (Lipinski definition) is 5. The zero-order valence-corrected chi connectivity index (χ0v) is 15.9. The van der Waals surface area contributed by atoms with Crippen LogP contribution in [-0.2, 0) is 25.9 Å². The Morgan fingerprint density at radius 2 is 1.89 bits per heavy atom. The number of aromatic nitrogens is 2. The molecule has 0 atom stereocenters. The number of nitrogens with zero attached hydrogens (tertiary/aromatic N) is 2. The number of carbonyl (C=O) groups is 1. The predicted octanol–water partition coefficient (Wildman–Crippen LogP) is 2.05. The molecule has 0 spiro atoms. The summed E-state index contributed by atoms with van der Waals surface area (Å²) in [6, 6.07) is 4.08. The summed E-state index contributed by atoms with van der Waals surface area (Å²) in [5.41, 5.74) is 4.98. The normalized spacial score (nSPS) is 15.9. The Kier molecular flexibility index (Phi) is 5.03. The second-order valence-electron chi connectivity index (χ2n) is 6.87. The first-order valence-corrected chi connectivity index (χ1v) is 9.68. The van der Waals surface area contributed by atoms with Gasteiger partial charge in [0, 0.05) is 43.9 Å². The summed E-state index contributed by atoms with van der Waals surface area (Å²) in [7, 11) is 0. The van der Waals surface area contributed by atoms with Crippen molar-refractivity contribution in [3.05, 3.63) is 40.2 Å². The smallest absolute Gasteiger partial charge is 0.275 e. The number of rotatable bonds is 5. The molecule has 1 amide bonds. The van der Waals surface area contributed by atoms with E-state index in [0.29, 0.717) is 38.5 Å². The molecule has 0 saturated carbocycles. The molecule has 2 N–H and O–H groups in total. The third-order valence-electron chi connectivity index (χ3n) is 5.17. The quantitative estimate of drug-likeness (QED) is 0.842. The van der Waals surface area contributed by atoms with E-state index < -0.39 is 0 Å². The minimum absolute atomic E-state index is 0.00584. The molecule has 7 nitrogen and oxygen atoms in total. The van der Waals surface area contributed by atoms with Gasteiger partial charge in [0.25, 0.3) is 5.91 Å². The first kappa shape index (κ1) is 17.9. The van der Waals surface area contributed by atoms with E-state index in [9.17, 15) is 4.79 Å². The number of fused-ring (bicyclic) bond motifs is 2. The molecule has 0 aliphatic carbocycles. The molecule has 144 valence electrons. The van der Waals surface area contributed by atoms with Gasteiger partial charge in [-0.05, 0) is 43.5 Å². The van der Waals surface area contributed by atoms with Gasteiger partial charge in [-0.15, -0.1) is 0 Å². The van der Waals surface area contributed by atoms with Crippen LogP contribution in [0.5, 0.6) is 11.5 Å². The van der Waals surface area contributed by atoms with Crippen molar-refractivity contribution in [3.8, 4) is 11.5 Å². The number of nitrogens with one attached hydrogen (secondary N) is 2. The lowest BCUT2D eigenvalue weighted by atomic mass is 9.98. The van der Waals surface area contributed by atoms with Gasteiger partial charge in [-0.2, -0.15) is 5.10 Å². The Hall–Kier alpha value is -2.54. The van der Waals surface area contributed by atoms with Gasteiger partial charge in [0.2, 0.25) is 0 Å². The van der Waals surface area contributed by atoms with Crippen LogP contribution in [0.1, 0.15) is 46.7 Å². The molecule has 2 aliphatic heterocycles. The van der Waals surface area contributed by atoms with Gasteiger partial charge in [-0.3, -0.25) is 9.89 Å². The first-order valence-electron chi connectivity index (χ1n) is 9.68. The second kappa shape index (κ2) is 7.60. The Labute approximate surface area is 159 Å². The summed E-state index contributed by atoms with van der Waals surface area (Å²) in [5.74, 6) is 1.52. The lowest BCUT2D eigenvalue weighted by Crippen LogP contribution is -2.37. The minimum Gasteiger partial charge on any atom is -0.490 e. The standard InChI is InChI=1S/C20H26N4O3/c1-3-26-17-9-13-6-8-24(12-14(13)10-18(17)27-4-2)20(25)19-15-11-21-7-5-16(15)22-23-19/h9-10,21H,3-8,11-12H2,1-2H3,(H,22,23). The van der Waals surface area contributed by atoms with Crippen molar-refractivity contribution in [2.24, 2.45) is 0 Å². The fourth-order valence-corrected chi connectivity index (χ4v) is 3.83. The lowest BCUT2D eigenvalue weighted by molar-refractivity contribution is 0.0727. The van der Waals surface area contributed by atoms with Crippen LogP contribution >= 0.6 is 0 Å². The maximum Gasteiger partial charge on any atom is 0.275 e. The van der Waals surface area contributed by atoms with Crippen LogP contribution in [0, 0.1) is 0 Å². The fourth-order valence-electron chi connectivity index (χ4n) is 3.83. The maximum atomic E-state index is 13.1. The van der Waals surface area contributed by atoms with Gasteiger partial charge in [-0.25, -0.2) is 0 Å². The Morgan fingerprint density at radius 3 is 2.63 bits per heavy atom. The largest absolute Gasteiger partial charge is 0.490 e. The molecular formula is C20H26N4O3. The number of carbonyl (C=O) groups excluding carboxylic acids is 1. The van der Waals surface area contributed by atoms with Crippen molar-refractivity contribution >= 4 is 5.91 Å². The molecule has 2 aromatic rings. The van der Waals surface area contributed by atoms with Crippen molar-refractivity contribution in [2.75, 3.05) is 26.3 Å². The van der Waals surface area contributed by atoms with E-state index in [2.05, 4.69) is 21.6 Å². The maximum absolute atomic E-state index is 13.1. The number of amides is 1. The zero-order chi connectivity index (χ0) is 18.8. The molecule has 2 aliphatic rings. The monoisotopic (exact) mass is 370 g/mol. The highest BCUT2D eigenvalue weighted by Gasteiger charge is 2.28. The van der Waals surface area contributed by atoms with Crippen molar-refractivity contribution in [2.45, 2.75) is 39.8 Å². The summed E-state index contributed by atoms with van der Waals surface area (Å²) in [4.78, 5) is 15.0. The molecule has 4 rings (SSSR count). The molecule has 0 radical (unpaired) electrons. The van der Waals surface area contributed by atoms with E-state index in [1.165, 1.54) is 5.56 Å². The molecule has 0 saturated heterocycles. The van der Waals surface area contributed by atoms with E-state index in [4.69, 9.17) is 9.47 Å². The fraction of sp³-hybridized carbons (Fsp3) is 0.500. The highest BCUT2D eigenvalue weighted by Crippen LogP contribution is 2.34. The van der Waals surface area contributed by atoms with Crippen LogP contribution in [0.15, 0.2) is 12.1 Å². The second-order valence-corrected chi connectivity index (χ2v) is 6.87. The average molecular weight is 370 g/mol. The van der Waals surface area contributed by atoms with E-state index in [0.717, 1.165) is 47.7 Å². The molecule has 0 bridgehead atoms. The molecule has 3 heterocycles. The van der Waals surface area contributed by atoms with Gasteiger partial charge in [-0.1, -0.05) is 0 Å². The zero-order valence-electron chi connectivity index (χ0n) is 15.9. The lowest BCUT2D eigenvalue weighted by Gasteiger charge is -2.29. The van der Waals surface area contributed by atoms with Gasteiger partial charge in [0.05, 0.1) is 13.2 Å². The number of ether oxygens (including phenoxy) is 2. The van der Waals surface area contributed by atoms with Crippen molar-refractivity contribution in [1.29, 1.82) is 0 Å². The third kappa shape index (κ3) is 3.39. The number of hydrogen-bond donors (Lipinski definition) is 2. The Balaban J connectivity index is 1.58. The summed E-state index contributed by atoms with van der Waals surface area (Å²) in [6.07, 6.45) is 1.69. The predicted molar refractivity (Wildman–Crippen MR) is 101 cm³/mol. The van der Waals surface area contributed by atoms with E-state index >= 15 is 0 Å². The molecule has 1 aromatic heterocycles. The number of aromatic amines is 1. The van der Waals surface area contributed by atoms with Crippen LogP contribution in [0.4, 0.5) is 0 Å². The SMILES string of the molecule is CCOc1cc2c(cc1OCC)CN(C(=O)c1n[nH]c3c1CNCC3)CC2. The van der Waals surface area contributed by atoms with Gasteiger partial charge in [0.1, 0.15) is 0 Å². The summed E-state index contributed by atoms with van der Waals surface area (Å²) < 4.78 is 11.5. The third-order valence-corrected chi connectivity index (χ3v) is 5.17. The summed E-state index contributed by atoms with van der Waals surface area (Å²) in [6.45, 7) is 7.96. The van der Waals surface area contributed by atoms with Crippen molar-refractivity contribution in [3.63, 3.8) is 0 Å². The van der Waals surface area contributed by atoms with Crippen LogP contribution in [0.25, 0.3) is 0 Å². The molecule has 1 aromatic carbocycles. The Morgan fingerprint density at radius 1 is 1.15 bits per heavy atom.